The number of benzene rings is 5. The summed E-state index contributed by atoms with van der Waals surface area (Å²) in [6.07, 6.45) is 4.93. The zero-order valence-electron chi connectivity index (χ0n) is 27.3. The maximum Gasteiger partial charge on any atom is 0.240 e. The molecule has 3 heterocycles. The summed E-state index contributed by atoms with van der Waals surface area (Å²) in [5, 5.41) is 8.68. The van der Waals surface area contributed by atoms with E-state index in [4.69, 9.17) is 11.6 Å². The van der Waals surface area contributed by atoms with Crippen molar-refractivity contribution in [2.45, 2.75) is 58.3 Å². The molecular formula is C41H39BClNSi2. The molecule has 9 rings (SSSR count). The van der Waals surface area contributed by atoms with Crippen molar-refractivity contribution < 1.29 is 0 Å². The van der Waals surface area contributed by atoms with Gasteiger partial charge in [0.25, 0.3) is 0 Å². The molecule has 226 valence electrons. The Bertz CT molecular complexity index is 2220. The summed E-state index contributed by atoms with van der Waals surface area (Å²) >= 11 is 6.69. The summed E-state index contributed by atoms with van der Waals surface area (Å²) in [6.45, 7) is 10.4. The van der Waals surface area contributed by atoms with Crippen LogP contribution in [0.3, 0.4) is 0 Å². The molecule has 6 aromatic rings. The summed E-state index contributed by atoms with van der Waals surface area (Å²) in [5.41, 5.74) is 12.9. The maximum absolute atomic E-state index is 6.69. The Labute approximate surface area is 280 Å². The smallest absolute Gasteiger partial charge is 0.240 e. The van der Waals surface area contributed by atoms with Crippen LogP contribution in [0.2, 0.25) is 30.7 Å². The topological polar surface area (TPSA) is 4.93 Å². The van der Waals surface area contributed by atoms with Gasteiger partial charge in [-0.15, -0.1) is 0 Å². The first-order valence-electron chi connectivity index (χ1n) is 17.1. The SMILES string of the molecule is CC[Si]1(C)c2cc(Cl)ccc2B2c3ccc(-c4ccc(-n5c6c(c7ccccc75)CCCC6)cc4)cc3[Si](C)(C)c3cccc1c32. The van der Waals surface area contributed by atoms with E-state index in [1.165, 1.54) is 74.8 Å². The Kier molecular flexibility index (Phi) is 6.36. The molecule has 0 amide bonds. The highest BCUT2D eigenvalue weighted by Crippen LogP contribution is 2.35. The number of hydrogen-bond donors (Lipinski definition) is 0. The van der Waals surface area contributed by atoms with Crippen LogP contribution in [0.1, 0.15) is 31.0 Å². The summed E-state index contributed by atoms with van der Waals surface area (Å²) in [6, 6.07) is 41.0. The van der Waals surface area contributed by atoms with Crippen LogP contribution in [0, 0.1) is 0 Å². The molecule has 5 aromatic carbocycles. The van der Waals surface area contributed by atoms with E-state index in [0.717, 1.165) is 11.4 Å². The average Bonchev–Trinajstić information content (AvgIpc) is 3.42. The number of halogens is 1. The normalized spacial score (nSPS) is 18.9. The van der Waals surface area contributed by atoms with Crippen molar-refractivity contribution in [2.75, 3.05) is 0 Å². The number of aryl methyl sites for hydroxylation is 1. The molecule has 1 nitrogen and oxygen atoms in total. The monoisotopic (exact) mass is 647 g/mol. The first-order chi connectivity index (χ1) is 22.3. The molecule has 0 fully saturated rings. The van der Waals surface area contributed by atoms with Gasteiger partial charge in [-0.05, 0) is 72.7 Å². The average molecular weight is 648 g/mol. The molecule has 0 saturated heterocycles. The maximum atomic E-state index is 6.69. The number of rotatable bonds is 3. The minimum Gasteiger partial charge on any atom is -0.313 e. The van der Waals surface area contributed by atoms with Crippen molar-refractivity contribution in [1.82, 2.24) is 4.57 Å². The van der Waals surface area contributed by atoms with Crippen molar-refractivity contribution in [2.24, 2.45) is 0 Å². The van der Waals surface area contributed by atoms with Crippen molar-refractivity contribution in [3.8, 4) is 16.8 Å². The highest BCUT2D eigenvalue weighted by Gasteiger charge is 2.50. The minimum absolute atomic E-state index is 0.283. The lowest BCUT2D eigenvalue weighted by Gasteiger charge is -2.46. The standard InChI is InChI=1S/C41H39BClNSi2/c1-5-46(4)38-16-10-15-37-41(38)42(34-24-20-29(43)26-40(34)46)33-23-19-28(25-39(33)45(37,2)3)27-17-21-30(22-18-27)44-35-13-8-6-11-31(35)32-12-7-9-14-36(32)44/h6,8,10-11,13,15-26H,5,7,9,12,14H2,1-4H3. The van der Waals surface area contributed by atoms with E-state index >= 15 is 0 Å². The summed E-state index contributed by atoms with van der Waals surface area (Å²) in [7, 11) is -3.87. The van der Waals surface area contributed by atoms with Crippen LogP contribution >= 0.6 is 11.6 Å². The minimum atomic E-state index is -1.97. The molecule has 46 heavy (non-hydrogen) atoms. The Hall–Kier alpha value is -3.57. The molecule has 1 aliphatic carbocycles. The van der Waals surface area contributed by atoms with Gasteiger partial charge in [0.05, 0.1) is 5.52 Å². The highest BCUT2D eigenvalue weighted by molar-refractivity contribution is 7.21. The van der Waals surface area contributed by atoms with Crippen LogP contribution < -0.4 is 37.1 Å². The highest BCUT2D eigenvalue weighted by atomic mass is 35.5. The fraction of sp³-hybridized carbons (Fsp3) is 0.220. The predicted molar refractivity (Wildman–Crippen MR) is 206 cm³/mol. The Balaban J connectivity index is 1.18. The molecule has 0 radical (unpaired) electrons. The van der Waals surface area contributed by atoms with E-state index in [9.17, 15) is 0 Å². The third kappa shape index (κ3) is 3.87. The fourth-order valence-electron chi connectivity index (χ4n) is 9.43. The Morgan fingerprint density at radius 1 is 0.696 bits per heavy atom. The second-order valence-electron chi connectivity index (χ2n) is 14.6. The zero-order valence-corrected chi connectivity index (χ0v) is 30.0. The van der Waals surface area contributed by atoms with Gasteiger partial charge < -0.3 is 4.57 Å². The molecule has 1 unspecified atom stereocenters. The van der Waals surface area contributed by atoms with E-state index in [1.54, 1.807) is 26.6 Å². The summed E-state index contributed by atoms with van der Waals surface area (Å²) < 4.78 is 2.53. The second kappa shape index (κ2) is 10.2. The van der Waals surface area contributed by atoms with Crippen molar-refractivity contribution in [3.05, 3.63) is 119 Å². The van der Waals surface area contributed by atoms with E-state index in [0.29, 0.717) is 0 Å². The van der Waals surface area contributed by atoms with E-state index < -0.39 is 16.1 Å². The van der Waals surface area contributed by atoms with Crippen LogP contribution in [0.4, 0.5) is 0 Å². The number of para-hydroxylation sites is 1. The number of fused-ring (bicyclic) bond motifs is 7. The lowest BCUT2D eigenvalue weighted by Crippen LogP contribution is -2.86. The third-order valence-corrected chi connectivity index (χ3v) is 20.4. The lowest BCUT2D eigenvalue weighted by molar-refractivity contribution is 0.667. The van der Waals surface area contributed by atoms with Crippen LogP contribution in [-0.2, 0) is 12.8 Å². The predicted octanol–water partition coefficient (Wildman–Crippen LogP) is 6.01. The zero-order chi connectivity index (χ0) is 31.4. The van der Waals surface area contributed by atoms with Gasteiger partial charge in [0, 0.05) is 21.8 Å². The van der Waals surface area contributed by atoms with Crippen molar-refractivity contribution >= 4 is 82.5 Å². The van der Waals surface area contributed by atoms with Crippen LogP contribution in [0.15, 0.2) is 103 Å². The largest absolute Gasteiger partial charge is 0.313 e. The Morgan fingerprint density at radius 3 is 2.24 bits per heavy atom. The molecule has 2 aliphatic heterocycles. The molecule has 0 spiro atoms. The first-order valence-corrected chi connectivity index (χ1v) is 23.2. The van der Waals surface area contributed by atoms with E-state index in [2.05, 4.69) is 134 Å². The third-order valence-electron chi connectivity index (χ3n) is 12.0. The summed E-state index contributed by atoms with van der Waals surface area (Å²) in [5.74, 6) is 0. The molecule has 3 aliphatic rings. The molecule has 0 bridgehead atoms. The van der Waals surface area contributed by atoms with Gasteiger partial charge in [0.15, 0.2) is 0 Å². The summed E-state index contributed by atoms with van der Waals surface area (Å²) in [4.78, 5) is 0. The van der Waals surface area contributed by atoms with Crippen molar-refractivity contribution in [3.63, 3.8) is 0 Å². The number of aromatic nitrogens is 1. The molecular weight excluding hydrogens is 609 g/mol. The first kappa shape index (κ1) is 28.6. The lowest BCUT2D eigenvalue weighted by atomic mass is 9.36. The van der Waals surface area contributed by atoms with Gasteiger partial charge in [0.2, 0.25) is 6.71 Å². The van der Waals surface area contributed by atoms with Crippen LogP contribution in [-0.4, -0.2) is 27.4 Å². The molecule has 1 aromatic heterocycles. The Morgan fingerprint density at radius 2 is 1.41 bits per heavy atom. The van der Waals surface area contributed by atoms with E-state index in [-0.39, 0.29) is 6.71 Å². The van der Waals surface area contributed by atoms with Crippen molar-refractivity contribution in [1.29, 1.82) is 0 Å². The molecule has 1 atom stereocenters. The van der Waals surface area contributed by atoms with E-state index in [1.807, 2.05) is 0 Å². The molecule has 0 saturated carbocycles. The number of nitrogens with zero attached hydrogens (tertiary/aromatic N) is 1. The fourth-order valence-corrected chi connectivity index (χ4v) is 16.8. The van der Waals surface area contributed by atoms with Crippen LogP contribution in [0.5, 0.6) is 0 Å². The van der Waals surface area contributed by atoms with Gasteiger partial charge in [-0.1, -0.05) is 154 Å². The number of hydrogen-bond acceptors (Lipinski definition) is 0. The molecule has 0 N–H and O–H groups in total. The van der Waals surface area contributed by atoms with Gasteiger partial charge in [-0.25, -0.2) is 0 Å². The van der Waals surface area contributed by atoms with Gasteiger partial charge >= 0.3 is 0 Å². The second-order valence-corrected chi connectivity index (χ2v) is 23.8. The van der Waals surface area contributed by atoms with Gasteiger partial charge in [0.1, 0.15) is 16.1 Å². The van der Waals surface area contributed by atoms with Gasteiger partial charge in [-0.3, -0.25) is 0 Å². The van der Waals surface area contributed by atoms with Gasteiger partial charge in [-0.2, -0.15) is 0 Å². The quantitative estimate of drug-likeness (QED) is 0.208. The molecule has 5 heteroatoms. The van der Waals surface area contributed by atoms with Crippen LogP contribution in [0.25, 0.3) is 27.7 Å².